The molecule has 0 radical (unpaired) electrons. The molecule has 0 aliphatic heterocycles. The summed E-state index contributed by atoms with van der Waals surface area (Å²) < 4.78 is 68.4. The Labute approximate surface area is 140 Å². The quantitative estimate of drug-likeness (QED) is 0.568. The fourth-order valence-corrected chi connectivity index (χ4v) is 5.24. The first-order valence-electron chi connectivity index (χ1n) is 7.12. The van der Waals surface area contributed by atoms with Gasteiger partial charge in [-0.2, -0.15) is 0 Å². The zero-order valence-electron chi connectivity index (χ0n) is 12.6. The summed E-state index contributed by atoms with van der Waals surface area (Å²) in [5.74, 6) is -3.99. The van der Waals surface area contributed by atoms with Crippen molar-refractivity contribution in [2.24, 2.45) is 0 Å². The maximum atomic E-state index is 13.8. The summed E-state index contributed by atoms with van der Waals surface area (Å²) in [5, 5.41) is 8.98. The summed E-state index contributed by atoms with van der Waals surface area (Å²) in [7, 11) is -3.98. The van der Waals surface area contributed by atoms with Crippen molar-refractivity contribution in [2.75, 3.05) is 0 Å². The van der Waals surface area contributed by atoms with Gasteiger partial charge in [-0.1, -0.05) is 0 Å². The molecule has 0 amide bonds. The Morgan fingerprint density at radius 3 is 1.32 bits per heavy atom. The number of aromatic hydroxyl groups is 1. The molecule has 2 nitrogen and oxygen atoms in total. The third-order valence-electron chi connectivity index (χ3n) is 3.64. The number of benzene rings is 3. The van der Waals surface area contributed by atoms with Crippen molar-refractivity contribution in [3.05, 3.63) is 83.9 Å². The summed E-state index contributed by atoms with van der Waals surface area (Å²) in [5.41, 5.74) is 0. The Kier molecular flexibility index (Phi) is 4.39. The summed E-state index contributed by atoms with van der Waals surface area (Å²) in [6.07, 6.45) is 0. The monoisotopic (exact) mass is 366 g/mol. The van der Waals surface area contributed by atoms with Crippen LogP contribution in [0, 0.1) is 23.3 Å². The largest absolute Gasteiger partial charge is 0.508 e. The van der Waals surface area contributed by atoms with E-state index in [2.05, 4.69) is 0 Å². The van der Waals surface area contributed by atoms with E-state index in [9.17, 15) is 27.2 Å². The van der Waals surface area contributed by atoms with Crippen molar-refractivity contribution in [1.29, 1.82) is 0 Å². The lowest BCUT2D eigenvalue weighted by Crippen LogP contribution is -2.26. The van der Waals surface area contributed by atoms with Crippen LogP contribution in [0.2, 0.25) is 0 Å². The second-order valence-electron chi connectivity index (χ2n) is 5.38. The van der Waals surface area contributed by atoms with Crippen molar-refractivity contribution < 1.29 is 27.2 Å². The van der Waals surface area contributed by atoms with Crippen LogP contribution in [0.5, 0.6) is 5.75 Å². The maximum absolute atomic E-state index is 13.8. The van der Waals surface area contributed by atoms with Gasteiger partial charge < -0.3 is 9.67 Å². The lowest BCUT2D eigenvalue weighted by atomic mass is 10.3. The van der Waals surface area contributed by atoms with Gasteiger partial charge in [-0.25, -0.2) is 17.6 Å². The molecular weight excluding hydrogens is 355 g/mol. The van der Waals surface area contributed by atoms with Crippen LogP contribution in [0.15, 0.2) is 60.7 Å². The normalized spacial score (nSPS) is 11.5. The van der Waals surface area contributed by atoms with Crippen molar-refractivity contribution >= 4 is 23.1 Å². The highest BCUT2D eigenvalue weighted by atomic mass is 31.2. The zero-order valence-corrected chi connectivity index (χ0v) is 13.5. The van der Waals surface area contributed by atoms with Gasteiger partial charge in [-0.3, -0.25) is 0 Å². The Morgan fingerprint density at radius 1 is 0.600 bits per heavy atom. The van der Waals surface area contributed by atoms with Crippen molar-refractivity contribution in [3.63, 3.8) is 0 Å². The van der Waals surface area contributed by atoms with Crippen LogP contribution in [0.1, 0.15) is 0 Å². The molecule has 0 aliphatic carbocycles. The second kappa shape index (κ2) is 6.37. The molecule has 3 aromatic rings. The molecule has 0 aliphatic rings. The molecule has 0 unspecified atom stereocenters. The average molecular weight is 366 g/mol. The van der Waals surface area contributed by atoms with Crippen LogP contribution < -0.4 is 15.9 Å². The van der Waals surface area contributed by atoms with E-state index in [0.29, 0.717) is 12.1 Å². The minimum absolute atomic E-state index is 0.0697. The Balaban J connectivity index is 2.35. The van der Waals surface area contributed by atoms with Gasteiger partial charge in [0.25, 0.3) is 0 Å². The predicted molar refractivity (Wildman–Crippen MR) is 87.3 cm³/mol. The maximum Gasteiger partial charge on any atom is 0.171 e. The van der Waals surface area contributed by atoms with Crippen LogP contribution in [0.4, 0.5) is 17.6 Å². The highest BCUT2D eigenvalue weighted by Gasteiger charge is 2.32. The molecule has 0 spiro atoms. The minimum Gasteiger partial charge on any atom is -0.508 e. The number of hydrogen-bond acceptors (Lipinski definition) is 2. The van der Waals surface area contributed by atoms with Gasteiger partial charge in [0.15, 0.2) is 7.14 Å². The zero-order chi connectivity index (χ0) is 18.2. The number of phenols is 1. The first-order chi connectivity index (χ1) is 11.8. The topological polar surface area (TPSA) is 37.3 Å². The molecule has 25 heavy (non-hydrogen) atoms. The highest BCUT2D eigenvalue weighted by molar-refractivity contribution is 7.85. The van der Waals surface area contributed by atoms with Gasteiger partial charge in [0.2, 0.25) is 0 Å². The standard InChI is InChI=1S/C18H11F4O2P/c19-11-5-12(20)8-17(7-11)25(24,16-3-1-15(23)2-4-16)18-9-13(21)6-14(22)10-18/h1-10,23H. The fraction of sp³-hybridized carbons (Fsp3) is 0. The molecule has 7 heteroatoms. The van der Waals surface area contributed by atoms with Gasteiger partial charge in [0.1, 0.15) is 29.0 Å². The molecule has 0 saturated carbocycles. The summed E-state index contributed by atoms with van der Waals surface area (Å²) >= 11 is 0. The van der Waals surface area contributed by atoms with Gasteiger partial charge >= 0.3 is 0 Å². The third kappa shape index (κ3) is 3.30. The molecule has 0 bridgehead atoms. The third-order valence-corrected chi connectivity index (χ3v) is 6.63. The molecule has 0 fully saturated rings. The second-order valence-corrected chi connectivity index (χ2v) is 8.15. The van der Waals surface area contributed by atoms with E-state index in [-0.39, 0.29) is 21.7 Å². The lowest BCUT2D eigenvalue weighted by Gasteiger charge is -2.20. The van der Waals surface area contributed by atoms with Crippen LogP contribution >= 0.6 is 7.14 Å². The molecule has 0 saturated heterocycles. The number of phenolic OH excluding ortho intramolecular Hbond substituents is 1. The van der Waals surface area contributed by atoms with Gasteiger partial charge in [0, 0.05) is 28.0 Å². The Hall–Kier alpha value is -2.59. The summed E-state index contributed by atoms with van der Waals surface area (Å²) in [6.45, 7) is 0. The van der Waals surface area contributed by atoms with E-state index in [4.69, 9.17) is 0 Å². The molecule has 0 aromatic heterocycles. The van der Waals surface area contributed by atoms with E-state index < -0.39 is 30.4 Å². The van der Waals surface area contributed by atoms with E-state index >= 15 is 0 Å². The van der Waals surface area contributed by atoms with Gasteiger partial charge in [-0.15, -0.1) is 0 Å². The summed E-state index contributed by atoms with van der Waals surface area (Å²) in [6, 6.07) is 9.68. The molecule has 3 aromatic carbocycles. The van der Waals surface area contributed by atoms with E-state index in [1.807, 2.05) is 0 Å². The average Bonchev–Trinajstić information content (AvgIpc) is 2.53. The SMILES string of the molecule is O=P(c1ccc(O)cc1)(c1cc(F)cc(F)c1)c1cc(F)cc(F)c1. The molecular formula is C18H11F4O2P. The number of hydrogen-bond donors (Lipinski definition) is 1. The Morgan fingerprint density at radius 2 is 0.960 bits per heavy atom. The fourth-order valence-electron chi connectivity index (χ4n) is 2.55. The van der Waals surface area contributed by atoms with Crippen LogP contribution in [-0.4, -0.2) is 5.11 Å². The van der Waals surface area contributed by atoms with E-state index in [0.717, 1.165) is 24.3 Å². The highest BCUT2D eigenvalue weighted by Crippen LogP contribution is 2.43. The first kappa shape index (κ1) is 17.2. The van der Waals surface area contributed by atoms with Crippen molar-refractivity contribution in [1.82, 2.24) is 0 Å². The van der Waals surface area contributed by atoms with Crippen LogP contribution in [-0.2, 0) is 4.57 Å². The molecule has 0 atom stereocenters. The smallest absolute Gasteiger partial charge is 0.171 e. The van der Waals surface area contributed by atoms with E-state index in [1.165, 1.54) is 24.3 Å². The predicted octanol–water partition coefficient (Wildman–Crippen LogP) is 3.59. The number of halogens is 4. The van der Waals surface area contributed by atoms with Gasteiger partial charge in [-0.05, 0) is 48.5 Å². The van der Waals surface area contributed by atoms with Crippen LogP contribution in [0.3, 0.4) is 0 Å². The molecule has 1 N–H and O–H groups in total. The Bertz CT molecular complexity index is 891. The van der Waals surface area contributed by atoms with Crippen LogP contribution in [0.25, 0.3) is 0 Å². The van der Waals surface area contributed by atoms with E-state index in [1.54, 1.807) is 0 Å². The molecule has 128 valence electrons. The minimum atomic E-state index is -3.98. The molecule has 3 rings (SSSR count). The first-order valence-corrected chi connectivity index (χ1v) is 8.83. The summed E-state index contributed by atoms with van der Waals surface area (Å²) in [4.78, 5) is 0. The number of rotatable bonds is 3. The van der Waals surface area contributed by atoms with Gasteiger partial charge in [0.05, 0.1) is 0 Å². The molecule has 0 heterocycles. The van der Waals surface area contributed by atoms with Crippen molar-refractivity contribution in [3.8, 4) is 5.75 Å². The van der Waals surface area contributed by atoms with Crippen molar-refractivity contribution in [2.45, 2.75) is 0 Å². The lowest BCUT2D eigenvalue weighted by molar-refractivity contribution is 0.475.